The molecule has 0 atom stereocenters. The maximum atomic E-state index is 13.2. The Kier molecular flexibility index (Phi) is 7.00. The number of guanidine groups is 1. The Morgan fingerprint density at radius 1 is 1.30 bits per heavy atom. The van der Waals surface area contributed by atoms with E-state index < -0.39 is 0 Å². The van der Waals surface area contributed by atoms with Crippen molar-refractivity contribution in [2.45, 2.75) is 33.2 Å². The van der Waals surface area contributed by atoms with E-state index in [0.29, 0.717) is 13.1 Å². The highest BCUT2D eigenvalue weighted by molar-refractivity contribution is 7.09. The minimum absolute atomic E-state index is 0.196. The normalized spacial score (nSPS) is 11.5. The minimum Gasteiger partial charge on any atom is -0.357 e. The molecule has 124 valence electrons. The number of thiazole rings is 1. The van der Waals surface area contributed by atoms with Crippen LogP contribution >= 0.6 is 11.3 Å². The zero-order chi connectivity index (χ0) is 16.5. The van der Waals surface area contributed by atoms with Gasteiger partial charge in [-0.2, -0.15) is 0 Å². The smallest absolute Gasteiger partial charge is 0.191 e. The molecular weight excluding hydrogens is 311 g/mol. The topological polar surface area (TPSA) is 49.3 Å². The number of nitrogens with one attached hydrogen (secondary N) is 2. The summed E-state index contributed by atoms with van der Waals surface area (Å²) in [5, 5.41) is 9.68. The van der Waals surface area contributed by atoms with Gasteiger partial charge < -0.3 is 10.6 Å². The van der Waals surface area contributed by atoms with Gasteiger partial charge in [-0.15, -0.1) is 11.3 Å². The van der Waals surface area contributed by atoms with Gasteiger partial charge in [0.15, 0.2) is 5.96 Å². The van der Waals surface area contributed by atoms with Gasteiger partial charge in [0, 0.05) is 18.5 Å². The first kappa shape index (κ1) is 17.4. The molecule has 0 radical (unpaired) electrons. The molecule has 0 saturated heterocycles. The predicted molar refractivity (Wildman–Crippen MR) is 94.4 cm³/mol. The Labute approximate surface area is 140 Å². The third kappa shape index (κ3) is 5.98. The fraction of sp³-hybridized carbons (Fsp3) is 0.412. The quantitative estimate of drug-likeness (QED) is 0.604. The number of halogens is 1. The second-order valence-electron chi connectivity index (χ2n) is 5.09. The van der Waals surface area contributed by atoms with Crippen molar-refractivity contribution in [1.82, 2.24) is 15.6 Å². The van der Waals surface area contributed by atoms with Crippen LogP contribution in [0.15, 0.2) is 34.6 Å². The lowest BCUT2D eigenvalue weighted by molar-refractivity contribution is 0.625. The minimum atomic E-state index is -0.196. The zero-order valence-electron chi connectivity index (χ0n) is 13.6. The van der Waals surface area contributed by atoms with E-state index in [4.69, 9.17) is 0 Å². The molecule has 1 aromatic heterocycles. The van der Waals surface area contributed by atoms with Crippen LogP contribution in [0, 0.1) is 5.82 Å². The van der Waals surface area contributed by atoms with Crippen molar-refractivity contribution < 1.29 is 4.39 Å². The summed E-state index contributed by atoms with van der Waals surface area (Å²) in [5.41, 5.74) is 1.97. The van der Waals surface area contributed by atoms with Gasteiger partial charge in [0.05, 0.1) is 17.2 Å². The van der Waals surface area contributed by atoms with Gasteiger partial charge in [0.1, 0.15) is 5.82 Å². The van der Waals surface area contributed by atoms with Crippen molar-refractivity contribution in [3.05, 3.63) is 51.7 Å². The lowest BCUT2D eigenvalue weighted by Gasteiger charge is -2.11. The van der Waals surface area contributed by atoms with Crippen molar-refractivity contribution >= 4 is 17.3 Å². The Hall–Kier alpha value is -1.95. The van der Waals surface area contributed by atoms with E-state index in [-0.39, 0.29) is 5.82 Å². The van der Waals surface area contributed by atoms with Crippen LogP contribution < -0.4 is 10.6 Å². The standard InChI is InChI=1S/C17H23FN4S/c1-3-16-22-15(12-23-16)11-21-17(19-4-2)20-9-8-13-6-5-7-14(18)10-13/h5-7,10,12H,3-4,8-9,11H2,1-2H3,(H2,19,20,21). The van der Waals surface area contributed by atoms with Crippen LogP contribution in [-0.2, 0) is 19.4 Å². The number of hydrogen-bond donors (Lipinski definition) is 2. The maximum absolute atomic E-state index is 13.2. The number of aliphatic imine (C=N–C) groups is 1. The van der Waals surface area contributed by atoms with Gasteiger partial charge in [0.2, 0.25) is 0 Å². The molecule has 0 fully saturated rings. The molecule has 0 aliphatic carbocycles. The first-order valence-electron chi connectivity index (χ1n) is 7.91. The molecule has 0 amide bonds. The van der Waals surface area contributed by atoms with Crippen LogP contribution in [0.4, 0.5) is 4.39 Å². The lowest BCUT2D eigenvalue weighted by atomic mass is 10.1. The van der Waals surface area contributed by atoms with E-state index in [0.717, 1.165) is 41.6 Å². The van der Waals surface area contributed by atoms with Crippen molar-refractivity contribution in [1.29, 1.82) is 0 Å². The molecule has 1 heterocycles. The number of nitrogens with zero attached hydrogens (tertiary/aromatic N) is 2. The molecule has 0 saturated carbocycles. The van der Waals surface area contributed by atoms with E-state index in [9.17, 15) is 4.39 Å². The molecule has 6 heteroatoms. The molecule has 0 unspecified atom stereocenters. The average Bonchev–Trinajstić information content (AvgIpc) is 3.01. The SMILES string of the molecule is CCNC(=NCc1csc(CC)n1)NCCc1cccc(F)c1. The van der Waals surface area contributed by atoms with Crippen LogP contribution in [0.25, 0.3) is 0 Å². The Bertz CT molecular complexity index is 639. The molecule has 2 aromatic rings. The Morgan fingerprint density at radius 3 is 2.87 bits per heavy atom. The molecule has 0 aliphatic heterocycles. The van der Waals surface area contributed by atoms with Gasteiger partial charge in [-0.05, 0) is 37.5 Å². The van der Waals surface area contributed by atoms with E-state index >= 15 is 0 Å². The molecule has 23 heavy (non-hydrogen) atoms. The van der Waals surface area contributed by atoms with E-state index in [1.807, 2.05) is 13.0 Å². The number of aromatic nitrogens is 1. The van der Waals surface area contributed by atoms with Crippen molar-refractivity contribution in [3.63, 3.8) is 0 Å². The summed E-state index contributed by atoms with van der Waals surface area (Å²) in [5.74, 6) is 0.563. The van der Waals surface area contributed by atoms with Gasteiger partial charge in [-0.1, -0.05) is 19.1 Å². The molecule has 0 aliphatic rings. The summed E-state index contributed by atoms with van der Waals surface area (Å²) < 4.78 is 13.2. The van der Waals surface area contributed by atoms with Gasteiger partial charge in [0.25, 0.3) is 0 Å². The van der Waals surface area contributed by atoms with Crippen LogP contribution in [-0.4, -0.2) is 24.0 Å². The molecule has 0 spiro atoms. The van der Waals surface area contributed by atoms with E-state index in [1.165, 1.54) is 6.07 Å². The second kappa shape index (κ2) is 9.25. The second-order valence-corrected chi connectivity index (χ2v) is 6.03. The molecular formula is C17H23FN4S. The highest BCUT2D eigenvalue weighted by Gasteiger charge is 2.02. The van der Waals surface area contributed by atoms with Gasteiger partial charge in [-0.25, -0.2) is 14.4 Å². The first-order valence-corrected chi connectivity index (χ1v) is 8.79. The summed E-state index contributed by atoms with van der Waals surface area (Å²) in [7, 11) is 0. The van der Waals surface area contributed by atoms with Crippen molar-refractivity contribution in [2.24, 2.45) is 4.99 Å². The van der Waals surface area contributed by atoms with Crippen molar-refractivity contribution in [3.8, 4) is 0 Å². The zero-order valence-corrected chi connectivity index (χ0v) is 14.4. The van der Waals surface area contributed by atoms with Gasteiger partial charge in [-0.3, -0.25) is 0 Å². The number of aryl methyl sites for hydroxylation is 1. The first-order chi connectivity index (χ1) is 11.2. The summed E-state index contributed by atoms with van der Waals surface area (Å²) in [4.78, 5) is 9.06. The van der Waals surface area contributed by atoms with Gasteiger partial charge >= 0.3 is 0 Å². The molecule has 2 rings (SSSR count). The average molecular weight is 334 g/mol. The number of hydrogen-bond acceptors (Lipinski definition) is 3. The monoisotopic (exact) mass is 334 g/mol. The summed E-state index contributed by atoms with van der Waals surface area (Å²) in [6.45, 7) is 6.19. The number of rotatable bonds is 7. The Morgan fingerprint density at radius 2 is 2.17 bits per heavy atom. The fourth-order valence-electron chi connectivity index (χ4n) is 2.10. The molecule has 0 bridgehead atoms. The predicted octanol–water partition coefficient (Wildman–Crippen LogP) is 3.14. The van der Waals surface area contributed by atoms with Crippen LogP contribution in [0.3, 0.4) is 0 Å². The van der Waals surface area contributed by atoms with E-state index in [1.54, 1.807) is 23.5 Å². The Balaban J connectivity index is 1.86. The van der Waals surface area contributed by atoms with Crippen molar-refractivity contribution in [2.75, 3.05) is 13.1 Å². The number of benzene rings is 1. The molecule has 4 nitrogen and oxygen atoms in total. The third-order valence-corrected chi connectivity index (χ3v) is 4.28. The molecule has 2 N–H and O–H groups in total. The highest BCUT2D eigenvalue weighted by Crippen LogP contribution is 2.10. The van der Waals surface area contributed by atoms with Crippen LogP contribution in [0.5, 0.6) is 0 Å². The summed E-state index contributed by atoms with van der Waals surface area (Å²) in [6.07, 6.45) is 1.71. The van der Waals surface area contributed by atoms with E-state index in [2.05, 4.69) is 32.9 Å². The van der Waals surface area contributed by atoms with Crippen LogP contribution in [0.1, 0.15) is 30.1 Å². The highest BCUT2D eigenvalue weighted by atomic mass is 32.1. The van der Waals surface area contributed by atoms with Crippen LogP contribution in [0.2, 0.25) is 0 Å². The maximum Gasteiger partial charge on any atom is 0.191 e. The lowest BCUT2D eigenvalue weighted by Crippen LogP contribution is -2.38. The largest absolute Gasteiger partial charge is 0.357 e. The fourth-order valence-corrected chi connectivity index (χ4v) is 2.84. The summed E-state index contributed by atoms with van der Waals surface area (Å²) in [6, 6.07) is 6.68. The summed E-state index contributed by atoms with van der Waals surface area (Å²) >= 11 is 1.67. The molecule has 1 aromatic carbocycles. The third-order valence-electron chi connectivity index (χ3n) is 3.24.